The monoisotopic (exact) mass is 302 g/mol. The number of rotatable bonds is 2. The van der Waals surface area contributed by atoms with Crippen LogP contribution in [-0.2, 0) is 6.42 Å². The Labute approximate surface area is 110 Å². The van der Waals surface area contributed by atoms with Crippen molar-refractivity contribution in [3.05, 3.63) is 20.8 Å². The van der Waals surface area contributed by atoms with Gasteiger partial charge in [-0.05, 0) is 59.2 Å². The van der Waals surface area contributed by atoms with Gasteiger partial charge in [0.25, 0.3) is 0 Å². The summed E-state index contributed by atoms with van der Waals surface area (Å²) in [6.45, 7) is 4.60. The fourth-order valence-corrected chi connectivity index (χ4v) is 3.96. The van der Waals surface area contributed by atoms with Crippen LogP contribution >= 0.6 is 27.3 Å². The van der Waals surface area contributed by atoms with Crippen molar-refractivity contribution in [2.45, 2.75) is 51.6 Å². The molecule has 1 aliphatic carbocycles. The molecule has 0 radical (unpaired) electrons. The van der Waals surface area contributed by atoms with Crippen LogP contribution in [0.1, 0.15) is 44.4 Å². The first-order chi connectivity index (χ1) is 7.39. The number of aliphatic hydroxyl groups is 1. The first-order valence-electron chi connectivity index (χ1n) is 5.85. The van der Waals surface area contributed by atoms with Crippen molar-refractivity contribution in [3.63, 3.8) is 0 Å². The maximum atomic E-state index is 10.6. The number of hydrogen-bond acceptors (Lipinski definition) is 2. The summed E-state index contributed by atoms with van der Waals surface area (Å²) in [5.41, 5.74) is -0.0396. The van der Waals surface area contributed by atoms with Gasteiger partial charge in [-0.3, -0.25) is 0 Å². The van der Waals surface area contributed by atoms with E-state index in [2.05, 4.69) is 41.9 Å². The molecule has 1 heterocycles. The third-order valence-electron chi connectivity index (χ3n) is 3.67. The van der Waals surface area contributed by atoms with Crippen molar-refractivity contribution in [3.8, 4) is 0 Å². The second-order valence-electron chi connectivity index (χ2n) is 5.77. The van der Waals surface area contributed by atoms with Gasteiger partial charge in [-0.1, -0.05) is 13.8 Å². The van der Waals surface area contributed by atoms with E-state index < -0.39 is 5.60 Å². The molecule has 0 aliphatic heterocycles. The molecule has 1 nitrogen and oxygen atoms in total. The number of hydrogen-bond donors (Lipinski definition) is 1. The summed E-state index contributed by atoms with van der Waals surface area (Å²) in [6, 6.07) is 4.18. The zero-order chi connectivity index (χ0) is 11.8. The molecular weight excluding hydrogens is 284 g/mol. The minimum atomic E-state index is -0.459. The van der Waals surface area contributed by atoms with Crippen LogP contribution in [0.5, 0.6) is 0 Å². The van der Waals surface area contributed by atoms with E-state index in [0.717, 1.165) is 35.9 Å². The van der Waals surface area contributed by atoms with Crippen molar-refractivity contribution in [1.82, 2.24) is 0 Å². The summed E-state index contributed by atoms with van der Waals surface area (Å²) in [7, 11) is 0. The third kappa shape index (κ3) is 3.08. The fraction of sp³-hybridized carbons (Fsp3) is 0.692. The second-order valence-corrected chi connectivity index (χ2v) is 8.32. The first-order valence-corrected chi connectivity index (χ1v) is 7.46. The molecule has 1 aromatic rings. The molecule has 0 unspecified atom stereocenters. The predicted octanol–water partition coefficient (Wildman–Crippen LogP) is 4.38. The Kier molecular flexibility index (Phi) is 3.49. The Morgan fingerprint density at radius 3 is 2.38 bits per heavy atom. The SMILES string of the molecule is CC1(C)CCC(O)(Cc2ccc(Br)s2)CC1. The van der Waals surface area contributed by atoms with Gasteiger partial charge in [0.05, 0.1) is 9.39 Å². The van der Waals surface area contributed by atoms with Crippen LogP contribution in [0.3, 0.4) is 0 Å². The van der Waals surface area contributed by atoms with Crippen molar-refractivity contribution >= 4 is 27.3 Å². The quantitative estimate of drug-likeness (QED) is 0.859. The first kappa shape index (κ1) is 12.6. The molecular formula is C13H19BrOS. The van der Waals surface area contributed by atoms with Gasteiger partial charge in [0.1, 0.15) is 0 Å². The molecule has 1 saturated carbocycles. The average Bonchev–Trinajstić information content (AvgIpc) is 2.58. The second kappa shape index (κ2) is 4.43. The summed E-state index contributed by atoms with van der Waals surface area (Å²) in [4.78, 5) is 1.29. The van der Waals surface area contributed by atoms with E-state index in [1.165, 1.54) is 4.88 Å². The number of halogens is 1. The Morgan fingerprint density at radius 2 is 1.88 bits per heavy atom. The third-order valence-corrected chi connectivity index (χ3v) is 5.29. The van der Waals surface area contributed by atoms with Gasteiger partial charge in [0.2, 0.25) is 0 Å². The highest BCUT2D eigenvalue weighted by Crippen LogP contribution is 2.42. The normalized spacial score (nSPS) is 23.2. The molecule has 0 bridgehead atoms. The smallest absolute Gasteiger partial charge is 0.0701 e. The summed E-state index contributed by atoms with van der Waals surface area (Å²) in [5, 5.41) is 10.6. The van der Waals surface area contributed by atoms with E-state index >= 15 is 0 Å². The molecule has 0 amide bonds. The summed E-state index contributed by atoms with van der Waals surface area (Å²) < 4.78 is 1.15. The van der Waals surface area contributed by atoms with Gasteiger partial charge in [0.15, 0.2) is 0 Å². The molecule has 90 valence electrons. The van der Waals surface area contributed by atoms with E-state index in [-0.39, 0.29) is 0 Å². The maximum absolute atomic E-state index is 10.6. The number of thiophene rings is 1. The lowest BCUT2D eigenvalue weighted by Crippen LogP contribution is -2.38. The van der Waals surface area contributed by atoms with Gasteiger partial charge in [0, 0.05) is 11.3 Å². The molecule has 0 saturated heterocycles. The minimum absolute atomic E-state index is 0.419. The molecule has 1 fully saturated rings. The topological polar surface area (TPSA) is 20.2 Å². The summed E-state index contributed by atoms with van der Waals surface area (Å²) in [5.74, 6) is 0. The van der Waals surface area contributed by atoms with Crippen LogP contribution in [0.25, 0.3) is 0 Å². The lowest BCUT2D eigenvalue weighted by atomic mass is 9.70. The Morgan fingerprint density at radius 1 is 1.25 bits per heavy atom. The summed E-state index contributed by atoms with van der Waals surface area (Å²) >= 11 is 5.21. The molecule has 16 heavy (non-hydrogen) atoms. The van der Waals surface area contributed by atoms with E-state index in [9.17, 15) is 5.11 Å². The molecule has 1 aliphatic rings. The van der Waals surface area contributed by atoms with Crippen LogP contribution in [-0.4, -0.2) is 10.7 Å². The van der Waals surface area contributed by atoms with Gasteiger partial charge < -0.3 is 5.11 Å². The fourth-order valence-electron chi connectivity index (χ4n) is 2.34. The van der Waals surface area contributed by atoms with E-state index in [0.29, 0.717) is 5.41 Å². The largest absolute Gasteiger partial charge is 0.390 e. The summed E-state index contributed by atoms with van der Waals surface area (Å²) in [6.07, 6.45) is 4.97. The van der Waals surface area contributed by atoms with Gasteiger partial charge in [-0.15, -0.1) is 11.3 Å². The van der Waals surface area contributed by atoms with Crippen LogP contribution in [0, 0.1) is 5.41 Å². The average molecular weight is 303 g/mol. The molecule has 3 heteroatoms. The maximum Gasteiger partial charge on any atom is 0.0701 e. The highest BCUT2D eigenvalue weighted by atomic mass is 79.9. The molecule has 1 aromatic heterocycles. The van der Waals surface area contributed by atoms with Crippen LogP contribution in [0.15, 0.2) is 15.9 Å². The van der Waals surface area contributed by atoms with Crippen molar-refractivity contribution in [1.29, 1.82) is 0 Å². The van der Waals surface area contributed by atoms with Crippen LogP contribution < -0.4 is 0 Å². The van der Waals surface area contributed by atoms with Gasteiger partial charge in [-0.2, -0.15) is 0 Å². The standard InChI is InChI=1S/C13H19BrOS/c1-12(2)5-7-13(15,8-6-12)9-10-3-4-11(14)16-10/h3-4,15H,5-9H2,1-2H3. The molecule has 0 spiro atoms. The molecule has 0 atom stereocenters. The Bertz CT molecular complexity index is 360. The van der Waals surface area contributed by atoms with Crippen molar-refractivity contribution in [2.24, 2.45) is 5.41 Å². The lowest BCUT2D eigenvalue weighted by Gasteiger charge is -2.40. The van der Waals surface area contributed by atoms with Gasteiger partial charge >= 0.3 is 0 Å². The highest BCUT2D eigenvalue weighted by Gasteiger charge is 2.36. The minimum Gasteiger partial charge on any atom is -0.390 e. The highest BCUT2D eigenvalue weighted by molar-refractivity contribution is 9.11. The van der Waals surface area contributed by atoms with Crippen molar-refractivity contribution in [2.75, 3.05) is 0 Å². The Hall–Kier alpha value is 0.140. The molecule has 0 aromatic carbocycles. The lowest BCUT2D eigenvalue weighted by molar-refractivity contribution is -0.0245. The molecule has 2 rings (SSSR count). The zero-order valence-corrected chi connectivity index (χ0v) is 12.3. The predicted molar refractivity (Wildman–Crippen MR) is 72.9 cm³/mol. The van der Waals surface area contributed by atoms with Crippen molar-refractivity contribution < 1.29 is 5.11 Å². The van der Waals surface area contributed by atoms with E-state index in [1.54, 1.807) is 11.3 Å². The van der Waals surface area contributed by atoms with Gasteiger partial charge in [-0.25, -0.2) is 0 Å². The van der Waals surface area contributed by atoms with Crippen LogP contribution in [0.4, 0.5) is 0 Å². The van der Waals surface area contributed by atoms with E-state index in [1.807, 2.05) is 0 Å². The Balaban J connectivity index is 1.99. The van der Waals surface area contributed by atoms with E-state index in [4.69, 9.17) is 0 Å². The zero-order valence-electron chi connectivity index (χ0n) is 9.92. The molecule has 1 N–H and O–H groups in total. The van der Waals surface area contributed by atoms with Crippen LogP contribution in [0.2, 0.25) is 0 Å².